The van der Waals surface area contributed by atoms with Crippen molar-refractivity contribution in [3.8, 4) is 0 Å². The van der Waals surface area contributed by atoms with Crippen molar-refractivity contribution >= 4 is 29.0 Å². The second kappa shape index (κ2) is 3.61. The monoisotopic (exact) mass is 162 g/mol. The van der Waals surface area contributed by atoms with Crippen LogP contribution in [0, 0.1) is 0 Å². The highest BCUT2D eigenvalue weighted by atomic mass is 35.5. The number of hydrogen-bond donors (Lipinski definition) is 1. The molecule has 1 aromatic heterocycles. The van der Waals surface area contributed by atoms with Gasteiger partial charge in [0.15, 0.2) is 0 Å². The minimum absolute atomic E-state index is 0. The number of aromatic nitrogens is 1. The number of rotatable bonds is 1. The highest BCUT2D eigenvalue weighted by molar-refractivity contribution is 7.16. The molecular formula is C5H7ClN2S. The summed E-state index contributed by atoms with van der Waals surface area (Å²) in [6.45, 7) is 3.53. The predicted molar refractivity (Wildman–Crippen MR) is 42.2 cm³/mol. The third-order valence-corrected chi connectivity index (χ3v) is 1.78. The van der Waals surface area contributed by atoms with Crippen LogP contribution in [-0.2, 0) is 0 Å². The first kappa shape index (κ1) is 8.62. The predicted octanol–water partition coefficient (Wildman–Crippen LogP) is 2.60. The van der Waals surface area contributed by atoms with E-state index >= 15 is 0 Å². The maximum absolute atomic E-state index is 5.55. The lowest BCUT2D eigenvalue weighted by Crippen LogP contribution is -1.58. The van der Waals surface area contributed by atoms with Gasteiger partial charge in [-0.15, -0.1) is 11.3 Å². The zero-order valence-electron chi connectivity index (χ0n) is 4.80. The van der Waals surface area contributed by atoms with Crippen LogP contribution in [0.25, 0.3) is 6.08 Å². The van der Waals surface area contributed by atoms with E-state index in [0.717, 1.165) is 5.01 Å². The Morgan fingerprint density at radius 3 is 2.67 bits per heavy atom. The molecule has 3 N–H and O–H groups in total. The number of hydrogen-bond acceptors (Lipinski definition) is 3. The van der Waals surface area contributed by atoms with Gasteiger partial charge in [-0.2, -0.15) is 0 Å². The van der Waals surface area contributed by atoms with E-state index in [4.69, 9.17) is 11.6 Å². The number of halogens is 1. The summed E-state index contributed by atoms with van der Waals surface area (Å²) >= 11 is 6.97. The fourth-order valence-corrected chi connectivity index (χ4v) is 1.14. The molecule has 0 amide bonds. The molecule has 0 saturated carbocycles. The van der Waals surface area contributed by atoms with Gasteiger partial charge in [-0.1, -0.05) is 18.2 Å². The molecule has 0 aliphatic carbocycles. The molecule has 1 rings (SSSR count). The Labute approximate surface area is 62.8 Å². The van der Waals surface area contributed by atoms with Crippen molar-refractivity contribution in [1.29, 1.82) is 0 Å². The standard InChI is InChI=1S/C5H4ClNS.H3N/c1-2-5-7-3-4(6)8-5;/h2-3H,1H2;1H3. The number of thiazole rings is 1. The molecular weight excluding hydrogens is 156 g/mol. The molecule has 9 heavy (non-hydrogen) atoms. The summed E-state index contributed by atoms with van der Waals surface area (Å²) in [5.74, 6) is 0. The minimum atomic E-state index is 0. The van der Waals surface area contributed by atoms with Crippen LogP contribution in [0.5, 0.6) is 0 Å². The molecule has 0 aliphatic rings. The SMILES string of the molecule is C=Cc1ncc(Cl)s1.N. The molecule has 1 aromatic rings. The normalized spacial score (nSPS) is 8.11. The molecule has 4 heteroatoms. The largest absolute Gasteiger partial charge is 0.344 e. The Morgan fingerprint density at radius 2 is 2.44 bits per heavy atom. The summed E-state index contributed by atoms with van der Waals surface area (Å²) in [5, 5.41) is 0.870. The summed E-state index contributed by atoms with van der Waals surface area (Å²) in [6.07, 6.45) is 3.29. The zero-order valence-corrected chi connectivity index (χ0v) is 6.37. The van der Waals surface area contributed by atoms with Gasteiger partial charge in [0.1, 0.15) is 9.34 Å². The van der Waals surface area contributed by atoms with Crippen molar-refractivity contribution in [3.63, 3.8) is 0 Å². The van der Waals surface area contributed by atoms with E-state index in [2.05, 4.69) is 11.6 Å². The Hall–Kier alpha value is -0.380. The third kappa shape index (κ3) is 2.13. The van der Waals surface area contributed by atoms with Gasteiger partial charge in [0.05, 0.1) is 6.20 Å². The van der Waals surface area contributed by atoms with Crippen molar-refractivity contribution in [1.82, 2.24) is 11.1 Å². The van der Waals surface area contributed by atoms with Crippen molar-refractivity contribution in [3.05, 3.63) is 22.1 Å². The summed E-state index contributed by atoms with van der Waals surface area (Å²) in [4.78, 5) is 3.90. The average Bonchev–Trinajstić information content (AvgIpc) is 2.14. The maximum atomic E-state index is 5.55. The molecule has 2 nitrogen and oxygen atoms in total. The van der Waals surface area contributed by atoms with Gasteiger partial charge in [-0.25, -0.2) is 4.98 Å². The summed E-state index contributed by atoms with van der Waals surface area (Å²) in [6, 6.07) is 0. The fraction of sp³-hybridized carbons (Fsp3) is 0. The van der Waals surface area contributed by atoms with Gasteiger partial charge >= 0.3 is 0 Å². The maximum Gasteiger partial charge on any atom is 0.116 e. The Balaban J connectivity index is 0.000000640. The molecule has 0 spiro atoms. The Morgan fingerprint density at radius 1 is 1.78 bits per heavy atom. The molecule has 0 fully saturated rings. The van der Waals surface area contributed by atoms with Crippen LogP contribution in [-0.4, -0.2) is 4.98 Å². The first-order valence-electron chi connectivity index (χ1n) is 2.06. The van der Waals surface area contributed by atoms with Crippen LogP contribution in [0.1, 0.15) is 5.01 Å². The second-order valence-corrected chi connectivity index (χ2v) is 2.90. The van der Waals surface area contributed by atoms with E-state index in [9.17, 15) is 0 Å². The molecule has 1 heterocycles. The van der Waals surface area contributed by atoms with E-state index in [1.165, 1.54) is 11.3 Å². The summed E-state index contributed by atoms with van der Waals surface area (Å²) < 4.78 is 0.708. The molecule has 0 aliphatic heterocycles. The van der Waals surface area contributed by atoms with E-state index in [1.807, 2.05) is 0 Å². The fourth-order valence-electron chi connectivity index (χ4n) is 0.361. The van der Waals surface area contributed by atoms with Gasteiger partial charge in [-0.3, -0.25) is 0 Å². The van der Waals surface area contributed by atoms with Crippen LogP contribution in [0.4, 0.5) is 0 Å². The first-order valence-corrected chi connectivity index (χ1v) is 3.26. The quantitative estimate of drug-likeness (QED) is 0.690. The lowest BCUT2D eigenvalue weighted by atomic mass is 10.7. The Bertz CT molecular complexity index is 197. The molecule has 0 aromatic carbocycles. The van der Waals surface area contributed by atoms with Gasteiger partial charge < -0.3 is 6.15 Å². The summed E-state index contributed by atoms with van der Waals surface area (Å²) in [7, 11) is 0. The van der Waals surface area contributed by atoms with E-state index < -0.39 is 0 Å². The molecule has 0 saturated heterocycles. The lowest BCUT2D eigenvalue weighted by Gasteiger charge is -1.71. The van der Waals surface area contributed by atoms with Gasteiger partial charge in [-0.05, 0) is 6.08 Å². The number of nitrogens with zero attached hydrogens (tertiary/aromatic N) is 1. The van der Waals surface area contributed by atoms with Crippen molar-refractivity contribution in [2.45, 2.75) is 0 Å². The van der Waals surface area contributed by atoms with Gasteiger partial charge in [0.25, 0.3) is 0 Å². The van der Waals surface area contributed by atoms with Gasteiger partial charge in [0.2, 0.25) is 0 Å². The lowest BCUT2D eigenvalue weighted by molar-refractivity contribution is 1.40. The summed E-state index contributed by atoms with van der Waals surface area (Å²) in [5.41, 5.74) is 0. The van der Waals surface area contributed by atoms with Crippen LogP contribution >= 0.6 is 22.9 Å². The van der Waals surface area contributed by atoms with Crippen molar-refractivity contribution in [2.24, 2.45) is 0 Å². The molecule has 50 valence electrons. The highest BCUT2D eigenvalue weighted by Gasteiger charge is 1.90. The third-order valence-electron chi connectivity index (χ3n) is 0.670. The minimum Gasteiger partial charge on any atom is -0.344 e. The Kier molecular flexibility index (Phi) is 3.46. The van der Waals surface area contributed by atoms with Gasteiger partial charge in [0, 0.05) is 0 Å². The van der Waals surface area contributed by atoms with Crippen LogP contribution in [0.3, 0.4) is 0 Å². The van der Waals surface area contributed by atoms with Crippen LogP contribution < -0.4 is 6.15 Å². The second-order valence-electron chi connectivity index (χ2n) is 1.21. The topological polar surface area (TPSA) is 47.9 Å². The van der Waals surface area contributed by atoms with E-state index in [0.29, 0.717) is 4.34 Å². The van der Waals surface area contributed by atoms with Crippen LogP contribution in [0.15, 0.2) is 12.8 Å². The van der Waals surface area contributed by atoms with Crippen molar-refractivity contribution < 1.29 is 0 Å². The van der Waals surface area contributed by atoms with E-state index in [1.54, 1.807) is 12.3 Å². The molecule has 0 atom stereocenters. The highest BCUT2D eigenvalue weighted by Crippen LogP contribution is 2.18. The molecule has 0 unspecified atom stereocenters. The molecule has 0 bridgehead atoms. The first-order chi connectivity index (χ1) is 3.83. The van der Waals surface area contributed by atoms with E-state index in [-0.39, 0.29) is 6.15 Å². The average molecular weight is 163 g/mol. The zero-order chi connectivity index (χ0) is 5.98. The van der Waals surface area contributed by atoms with Crippen LogP contribution in [0.2, 0.25) is 4.34 Å². The smallest absolute Gasteiger partial charge is 0.116 e. The molecule has 0 radical (unpaired) electrons. The van der Waals surface area contributed by atoms with Crippen molar-refractivity contribution in [2.75, 3.05) is 0 Å².